The Bertz CT molecular complexity index is 874. The van der Waals surface area contributed by atoms with E-state index in [2.05, 4.69) is 24.1 Å². The molecule has 2 aromatic carbocycles. The van der Waals surface area contributed by atoms with Crippen molar-refractivity contribution in [3.05, 3.63) is 78.6 Å². The van der Waals surface area contributed by atoms with Crippen LogP contribution in [0.5, 0.6) is 11.5 Å². The molecular weight excluding hydrogens is 336 g/mol. The highest BCUT2D eigenvalue weighted by atomic mass is 16.5. The van der Waals surface area contributed by atoms with Gasteiger partial charge in [0.1, 0.15) is 11.5 Å². The Morgan fingerprint density at radius 3 is 2.37 bits per heavy atom. The number of nitrogens with zero attached hydrogens (tertiary/aromatic N) is 1. The van der Waals surface area contributed by atoms with Crippen LogP contribution in [-0.4, -0.2) is 17.4 Å². The molecule has 0 radical (unpaired) electrons. The summed E-state index contributed by atoms with van der Waals surface area (Å²) in [7, 11) is 0. The van der Waals surface area contributed by atoms with E-state index < -0.39 is 0 Å². The van der Waals surface area contributed by atoms with Crippen LogP contribution in [0.4, 0.5) is 0 Å². The predicted molar refractivity (Wildman–Crippen MR) is 108 cm³/mol. The van der Waals surface area contributed by atoms with Gasteiger partial charge in [-0.1, -0.05) is 44.2 Å². The SMILES string of the molecule is CC(C)CCNC(=O)c1cncc(-c2ccc(Oc3ccccc3)cc2)c1. The standard InChI is InChI=1S/C23H24N2O2/c1-17(2)12-13-25-23(26)20-14-19(15-24-16-20)18-8-10-22(11-9-18)27-21-6-4-3-5-7-21/h3-11,14-17H,12-13H2,1-2H3,(H,25,26). The molecule has 3 aromatic rings. The third-order valence-electron chi connectivity index (χ3n) is 4.17. The molecule has 0 saturated heterocycles. The van der Waals surface area contributed by atoms with E-state index in [1.165, 1.54) is 0 Å². The maximum atomic E-state index is 12.3. The molecule has 0 aliphatic carbocycles. The molecule has 1 aromatic heterocycles. The summed E-state index contributed by atoms with van der Waals surface area (Å²) in [6, 6.07) is 19.3. The van der Waals surface area contributed by atoms with Crippen molar-refractivity contribution in [3.8, 4) is 22.6 Å². The Hall–Kier alpha value is -3.14. The number of carbonyl (C=O) groups excluding carboxylic acids is 1. The second kappa shape index (κ2) is 8.99. The highest BCUT2D eigenvalue weighted by Gasteiger charge is 2.08. The van der Waals surface area contributed by atoms with Gasteiger partial charge in [0.2, 0.25) is 0 Å². The van der Waals surface area contributed by atoms with Crippen LogP contribution < -0.4 is 10.1 Å². The van der Waals surface area contributed by atoms with Crippen molar-refractivity contribution < 1.29 is 9.53 Å². The number of nitrogens with one attached hydrogen (secondary N) is 1. The molecule has 0 fully saturated rings. The van der Waals surface area contributed by atoms with Gasteiger partial charge in [0.05, 0.1) is 5.56 Å². The van der Waals surface area contributed by atoms with Gasteiger partial charge in [-0.3, -0.25) is 9.78 Å². The quantitative estimate of drug-likeness (QED) is 0.620. The van der Waals surface area contributed by atoms with E-state index in [1.807, 2.05) is 60.7 Å². The summed E-state index contributed by atoms with van der Waals surface area (Å²) >= 11 is 0. The van der Waals surface area contributed by atoms with Crippen molar-refractivity contribution in [2.45, 2.75) is 20.3 Å². The number of amides is 1. The number of pyridine rings is 1. The number of carbonyl (C=O) groups is 1. The number of benzene rings is 2. The molecule has 3 rings (SSSR count). The lowest BCUT2D eigenvalue weighted by molar-refractivity contribution is 0.0951. The van der Waals surface area contributed by atoms with E-state index in [9.17, 15) is 4.79 Å². The Morgan fingerprint density at radius 2 is 1.67 bits per heavy atom. The van der Waals surface area contributed by atoms with Gasteiger partial charge >= 0.3 is 0 Å². The van der Waals surface area contributed by atoms with Gasteiger partial charge < -0.3 is 10.1 Å². The number of aromatic nitrogens is 1. The van der Waals surface area contributed by atoms with Gasteiger partial charge in [-0.15, -0.1) is 0 Å². The molecule has 1 heterocycles. The molecule has 0 atom stereocenters. The minimum atomic E-state index is -0.0889. The van der Waals surface area contributed by atoms with Crippen LogP contribution in [0.2, 0.25) is 0 Å². The van der Waals surface area contributed by atoms with Crippen LogP contribution in [0.1, 0.15) is 30.6 Å². The molecule has 0 bridgehead atoms. The molecule has 1 N–H and O–H groups in total. The molecule has 138 valence electrons. The lowest BCUT2D eigenvalue weighted by atomic mass is 10.1. The van der Waals surface area contributed by atoms with Crippen LogP contribution in [0, 0.1) is 5.92 Å². The van der Waals surface area contributed by atoms with Crippen LogP contribution in [0.25, 0.3) is 11.1 Å². The second-order valence-corrected chi connectivity index (χ2v) is 6.84. The average Bonchev–Trinajstić information content (AvgIpc) is 2.69. The Labute approximate surface area is 160 Å². The molecule has 27 heavy (non-hydrogen) atoms. The van der Waals surface area contributed by atoms with Crippen LogP contribution >= 0.6 is 0 Å². The van der Waals surface area contributed by atoms with E-state index in [4.69, 9.17) is 4.74 Å². The van der Waals surface area contributed by atoms with Gasteiger partial charge in [0, 0.05) is 24.5 Å². The van der Waals surface area contributed by atoms with Gasteiger partial charge in [0.15, 0.2) is 0 Å². The first-order valence-corrected chi connectivity index (χ1v) is 9.18. The van der Waals surface area contributed by atoms with Crippen LogP contribution in [0.3, 0.4) is 0 Å². The molecule has 0 aliphatic rings. The molecule has 4 heteroatoms. The first-order chi connectivity index (χ1) is 13.1. The minimum Gasteiger partial charge on any atom is -0.457 e. The fraction of sp³-hybridized carbons (Fsp3) is 0.217. The number of hydrogen-bond donors (Lipinski definition) is 1. The summed E-state index contributed by atoms with van der Waals surface area (Å²) in [5.41, 5.74) is 2.46. The van der Waals surface area contributed by atoms with E-state index in [0.717, 1.165) is 29.0 Å². The van der Waals surface area contributed by atoms with Crippen molar-refractivity contribution in [1.82, 2.24) is 10.3 Å². The maximum Gasteiger partial charge on any atom is 0.252 e. The molecule has 4 nitrogen and oxygen atoms in total. The second-order valence-electron chi connectivity index (χ2n) is 6.84. The topological polar surface area (TPSA) is 51.2 Å². The van der Waals surface area contributed by atoms with Gasteiger partial charge in [-0.05, 0) is 48.2 Å². The number of rotatable bonds is 7. The number of ether oxygens (including phenoxy) is 1. The zero-order chi connectivity index (χ0) is 19.1. The van der Waals surface area contributed by atoms with E-state index in [-0.39, 0.29) is 5.91 Å². The monoisotopic (exact) mass is 360 g/mol. The first kappa shape index (κ1) is 18.6. The van der Waals surface area contributed by atoms with Crippen molar-refractivity contribution in [2.24, 2.45) is 5.92 Å². The zero-order valence-electron chi connectivity index (χ0n) is 15.7. The zero-order valence-corrected chi connectivity index (χ0v) is 15.7. The Kier molecular flexibility index (Phi) is 6.21. The molecule has 0 unspecified atom stereocenters. The lowest BCUT2D eigenvalue weighted by Gasteiger charge is -2.09. The normalized spacial score (nSPS) is 10.6. The summed E-state index contributed by atoms with van der Waals surface area (Å²) in [4.78, 5) is 16.5. The van der Waals surface area contributed by atoms with E-state index >= 15 is 0 Å². The number of para-hydroxylation sites is 1. The van der Waals surface area contributed by atoms with Crippen molar-refractivity contribution in [1.29, 1.82) is 0 Å². The molecule has 0 aliphatic heterocycles. The van der Waals surface area contributed by atoms with Gasteiger partial charge in [-0.25, -0.2) is 0 Å². The summed E-state index contributed by atoms with van der Waals surface area (Å²) < 4.78 is 5.81. The van der Waals surface area contributed by atoms with Gasteiger partial charge in [-0.2, -0.15) is 0 Å². The summed E-state index contributed by atoms with van der Waals surface area (Å²) in [6.45, 7) is 4.95. The fourth-order valence-corrected chi connectivity index (χ4v) is 2.64. The maximum absolute atomic E-state index is 12.3. The molecule has 0 saturated carbocycles. The predicted octanol–water partition coefficient (Wildman–Crippen LogP) is 5.32. The smallest absolute Gasteiger partial charge is 0.252 e. The van der Waals surface area contributed by atoms with E-state index in [0.29, 0.717) is 18.0 Å². The highest BCUT2D eigenvalue weighted by Crippen LogP contribution is 2.25. The van der Waals surface area contributed by atoms with Crippen molar-refractivity contribution >= 4 is 5.91 Å². The van der Waals surface area contributed by atoms with Crippen molar-refractivity contribution in [3.63, 3.8) is 0 Å². The van der Waals surface area contributed by atoms with Crippen LogP contribution in [-0.2, 0) is 0 Å². The van der Waals surface area contributed by atoms with Crippen LogP contribution in [0.15, 0.2) is 73.1 Å². The summed E-state index contributed by atoms with van der Waals surface area (Å²) in [5, 5.41) is 2.95. The first-order valence-electron chi connectivity index (χ1n) is 9.18. The fourth-order valence-electron chi connectivity index (χ4n) is 2.64. The number of hydrogen-bond acceptors (Lipinski definition) is 3. The highest BCUT2D eigenvalue weighted by molar-refractivity contribution is 5.95. The van der Waals surface area contributed by atoms with Crippen molar-refractivity contribution in [2.75, 3.05) is 6.54 Å². The Balaban J connectivity index is 1.68. The average molecular weight is 360 g/mol. The molecular formula is C23H24N2O2. The summed E-state index contributed by atoms with van der Waals surface area (Å²) in [6.07, 6.45) is 4.32. The van der Waals surface area contributed by atoms with Gasteiger partial charge in [0.25, 0.3) is 5.91 Å². The summed E-state index contributed by atoms with van der Waals surface area (Å²) in [5.74, 6) is 2.04. The van der Waals surface area contributed by atoms with E-state index in [1.54, 1.807) is 12.4 Å². The third kappa shape index (κ3) is 5.42. The lowest BCUT2D eigenvalue weighted by Crippen LogP contribution is -2.25. The Morgan fingerprint density at radius 1 is 0.963 bits per heavy atom. The third-order valence-corrected chi connectivity index (χ3v) is 4.17. The largest absolute Gasteiger partial charge is 0.457 e. The molecule has 1 amide bonds. The molecule has 0 spiro atoms. The minimum absolute atomic E-state index is 0.0889.